The summed E-state index contributed by atoms with van der Waals surface area (Å²) in [6.45, 7) is 14.0. The van der Waals surface area contributed by atoms with Crippen molar-refractivity contribution in [3.05, 3.63) is 11.6 Å². The predicted molar refractivity (Wildman–Crippen MR) is 159 cm³/mol. The fourth-order valence-corrected chi connectivity index (χ4v) is 7.03. The molecule has 9 atom stereocenters. The third kappa shape index (κ3) is 7.63. The molecule has 3 rings (SSSR count). The number of Topliss-reactive ketones (excluding diaryl/α,β-unsaturated/α-hetero) is 1. The molecule has 42 heavy (non-hydrogen) atoms. The van der Waals surface area contributed by atoms with E-state index in [1.165, 1.54) is 4.90 Å². The molecule has 9 nitrogen and oxygen atoms in total. The van der Waals surface area contributed by atoms with Crippen molar-refractivity contribution in [2.24, 2.45) is 29.6 Å². The van der Waals surface area contributed by atoms with E-state index in [1.54, 1.807) is 21.1 Å². The zero-order valence-electron chi connectivity index (χ0n) is 27.3. The van der Waals surface area contributed by atoms with E-state index < -0.39 is 47.6 Å². The number of likely N-dealkylation sites (tertiary alicyclic amines) is 1. The topological polar surface area (TPSA) is 112 Å². The maximum absolute atomic E-state index is 13.7. The maximum atomic E-state index is 13.7. The van der Waals surface area contributed by atoms with E-state index in [2.05, 4.69) is 13.0 Å². The van der Waals surface area contributed by atoms with Gasteiger partial charge in [-0.15, -0.1) is 0 Å². The van der Waals surface area contributed by atoms with Gasteiger partial charge in [0.15, 0.2) is 0 Å². The minimum atomic E-state index is -2.29. The molecule has 240 valence electrons. The van der Waals surface area contributed by atoms with Crippen LogP contribution in [0.5, 0.6) is 0 Å². The van der Waals surface area contributed by atoms with E-state index in [0.717, 1.165) is 31.3 Å². The van der Waals surface area contributed by atoms with Crippen molar-refractivity contribution in [1.29, 1.82) is 0 Å². The molecule has 2 saturated heterocycles. The molecule has 1 saturated carbocycles. The molecule has 2 heterocycles. The monoisotopic (exact) mass is 593 g/mol. The Morgan fingerprint density at radius 2 is 1.64 bits per heavy atom. The van der Waals surface area contributed by atoms with Crippen molar-refractivity contribution in [2.75, 3.05) is 20.8 Å². The number of ether oxygens (including phenoxy) is 4. The van der Waals surface area contributed by atoms with Crippen LogP contribution in [0.15, 0.2) is 11.6 Å². The lowest BCUT2D eigenvalue weighted by Crippen LogP contribution is -2.63. The van der Waals surface area contributed by atoms with Crippen LogP contribution in [0.2, 0.25) is 0 Å². The molecule has 0 spiro atoms. The van der Waals surface area contributed by atoms with Crippen LogP contribution in [0.1, 0.15) is 93.4 Å². The molecule has 1 aliphatic carbocycles. The van der Waals surface area contributed by atoms with Crippen LogP contribution in [0.25, 0.3) is 0 Å². The number of esters is 1. The van der Waals surface area contributed by atoms with E-state index in [4.69, 9.17) is 18.9 Å². The van der Waals surface area contributed by atoms with Gasteiger partial charge in [-0.3, -0.25) is 9.59 Å². The number of carbonyl (C=O) groups is 3. The summed E-state index contributed by atoms with van der Waals surface area (Å²) < 4.78 is 23.3. The Balaban J connectivity index is 1.76. The fourth-order valence-electron chi connectivity index (χ4n) is 7.03. The molecule has 0 bridgehead atoms. The summed E-state index contributed by atoms with van der Waals surface area (Å²) >= 11 is 0. The molecule has 1 amide bonds. The molecule has 2 aliphatic heterocycles. The first kappa shape index (κ1) is 34.7. The lowest BCUT2D eigenvalue weighted by Gasteiger charge is -2.46. The lowest BCUT2D eigenvalue weighted by atomic mass is 9.79. The molecule has 0 aromatic rings. The highest BCUT2D eigenvalue weighted by atomic mass is 16.7. The van der Waals surface area contributed by atoms with Crippen molar-refractivity contribution in [1.82, 2.24) is 4.90 Å². The first-order valence-electron chi connectivity index (χ1n) is 15.9. The van der Waals surface area contributed by atoms with Gasteiger partial charge in [-0.2, -0.15) is 0 Å². The van der Waals surface area contributed by atoms with Gasteiger partial charge < -0.3 is 29.0 Å². The highest BCUT2D eigenvalue weighted by molar-refractivity contribution is 6.39. The van der Waals surface area contributed by atoms with Crippen LogP contribution < -0.4 is 0 Å². The lowest BCUT2D eigenvalue weighted by molar-refractivity contribution is -0.293. The normalized spacial score (nSPS) is 35.3. The first-order valence-corrected chi connectivity index (χ1v) is 15.9. The van der Waals surface area contributed by atoms with Gasteiger partial charge in [0.1, 0.15) is 12.1 Å². The van der Waals surface area contributed by atoms with Gasteiger partial charge in [-0.25, -0.2) is 4.79 Å². The number of carbonyl (C=O) groups excluding carboxylic acids is 3. The number of aliphatic hydroxyl groups is 1. The number of hydrogen-bond acceptors (Lipinski definition) is 8. The summed E-state index contributed by atoms with van der Waals surface area (Å²) in [5, 5.41) is 11.5. The van der Waals surface area contributed by atoms with Gasteiger partial charge in [0, 0.05) is 26.7 Å². The van der Waals surface area contributed by atoms with Gasteiger partial charge >= 0.3 is 5.97 Å². The molecular formula is C33H55NO8. The number of rotatable bonds is 10. The van der Waals surface area contributed by atoms with Gasteiger partial charge in [0.25, 0.3) is 11.7 Å². The third-order valence-electron chi connectivity index (χ3n) is 9.71. The van der Waals surface area contributed by atoms with Gasteiger partial charge in [-0.05, 0) is 81.1 Å². The zero-order valence-corrected chi connectivity index (χ0v) is 27.3. The van der Waals surface area contributed by atoms with Crippen molar-refractivity contribution in [3.8, 4) is 0 Å². The minimum absolute atomic E-state index is 0.0270. The average molecular weight is 594 g/mol. The number of amides is 1. The highest BCUT2D eigenvalue weighted by Gasteiger charge is 2.55. The van der Waals surface area contributed by atoms with Crippen LogP contribution in [0.3, 0.4) is 0 Å². The second-order valence-corrected chi connectivity index (χ2v) is 13.6. The summed E-state index contributed by atoms with van der Waals surface area (Å²) in [6, 6.07) is -0.896. The second-order valence-electron chi connectivity index (χ2n) is 13.6. The van der Waals surface area contributed by atoms with Crippen molar-refractivity contribution in [2.45, 2.75) is 130 Å². The summed E-state index contributed by atoms with van der Waals surface area (Å²) in [6.07, 6.45) is 6.39. The molecule has 2 unspecified atom stereocenters. The number of piperidine rings is 1. The second kappa shape index (κ2) is 14.8. The van der Waals surface area contributed by atoms with Crippen LogP contribution in [0.4, 0.5) is 0 Å². The first-order chi connectivity index (χ1) is 19.7. The van der Waals surface area contributed by atoms with E-state index >= 15 is 0 Å². The Hall–Kier alpha value is -1.81. The van der Waals surface area contributed by atoms with Crippen molar-refractivity contribution < 1.29 is 38.4 Å². The number of allylic oxidation sites excluding steroid dienone is 1. The quantitative estimate of drug-likeness (QED) is 0.221. The molecule has 0 radical (unpaired) electrons. The fraction of sp³-hybridized carbons (Fsp3) is 0.848. The van der Waals surface area contributed by atoms with Gasteiger partial charge in [0.05, 0.1) is 18.3 Å². The average Bonchev–Trinajstić information content (AvgIpc) is 2.96. The standard InChI is InChI=1S/C33H55NO8/c1-19(2)28(22(6)16-24-14-13-21(5)26(18-24)39-8)41-32(37)25-12-10-11-15-34(25)31(36)30(35)33(38)23(7)17-27(40-9)29(42-33)20(3)4/h16,19-21,23-29,38H,10-15,17-18H2,1-9H3/b22-16+/t21-,23-,24?,25+,26-,27+,28+,29?,33-/m1/s1. The Morgan fingerprint density at radius 1 is 0.976 bits per heavy atom. The SMILES string of the molecule is CO[C@H]1C[C@@H](C)[C@](O)(C(=O)C(=O)N2CCCC[C@H]2C(=O)O[C@H](/C(C)=C/C2CC[C@@H](C)[C@H](OC)C2)C(C)C)OC1C(C)C. The Bertz CT molecular complexity index is 979. The zero-order chi connectivity index (χ0) is 31.4. The van der Waals surface area contributed by atoms with Gasteiger partial charge in [-0.1, -0.05) is 47.6 Å². The van der Waals surface area contributed by atoms with Crippen LogP contribution in [-0.4, -0.2) is 84.7 Å². The molecule has 3 fully saturated rings. The van der Waals surface area contributed by atoms with E-state index in [1.807, 2.05) is 34.6 Å². The number of hydrogen-bond donors (Lipinski definition) is 1. The number of methoxy groups -OCH3 is 2. The Morgan fingerprint density at radius 3 is 2.24 bits per heavy atom. The van der Waals surface area contributed by atoms with Crippen molar-refractivity contribution in [3.63, 3.8) is 0 Å². The summed E-state index contributed by atoms with van der Waals surface area (Å²) in [5.41, 5.74) is 0.990. The molecule has 0 aromatic carbocycles. The summed E-state index contributed by atoms with van der Waals surface area (Å²) in [7, 11) is 3.34. The molecule has 3 aliphatic rings. The summed E-state index contributed by atoms with van der Waals surface area (Å²) in [5.74, 6) is -4.55. The Labute approximate surface area is 252 Å². The van der Waals surface area contributed by atoms with Crippen LogP contribution in [0, 0.1) is 29.6 Å². The maximum Gasteiger partial charge on any atom is 0.329 e. The van der Waals surface area contributed by atoms with Gasteiger partial charge in [0.2, 0.25) is 5.79 Å². The Kier molecular flexibility index (Phi) is 12.2. The summed E-state index contributed by atoms with van der Waals surface area (Å²) in [4.78, 5) is 42.2. The third-order valence-corrected chi connectivity index (χ3v) is 9.71. The van der Waals surface area contributed by atoms with Crippen molar-refractivity contribution >= 4 is 17.7 Å². The molecule has 9 heteroatoms. The van der Waals surface area contributed by atoms with Crippen LogP contribution >= 0.6 is 0 Å². The number of ketones is 1. The minimum Gasteiger partial charge on any atom is -0.456 e. The van der Waals surface area contributed by atoms with E-state index in [0.29, 0.717) is 31.1 Å². The van der Waals surface area contributed by atoms with Crippen LogP contribution in [-0.2, 0) is 33.3 Å². The molecule has 0 aromatic heterocycles. The predicted octanol–water partition coefficient (Wildman–Crippen LogP) is 4.69. The van der Waals surface area contributed by atoms with E-state index in [9.17, 15) is 19.5 Å². The van der Waals surface area contributed by atoms with E-state index in [-0.39, 0.29) is 30.6 Å². The molecular weight excluding hydrogens is 538 g/mol. The number of nitrogens with zero attached hydrogens (tertiary/aromatic N) is 1. The highest BCUT2D eigenvalue weighted by Crippen LogP contribution is 2.38. The largest absolute Gasteiger partial charge is 0.456 e. The molecule has 1 N–H and O–H groups in total. The smallest absolute Gasteiger partial charge is 0.329 e.